The van der Waals surface area contributed by atoms with Gasteiger partial charge in [-0.05, 0) is 25.8 Å². The monoisotopic (exact) mass is 315 g/mol. The van der Waals surface area contributed by atoms with Gasteiger partial charge in [-0.1, -0.05) is 28.1 Å². The number of benzene rings is 1. The number of nitro groups is 1. The molecule has 18 heavy (non-hydrogen) atoms. The molecule has 0 aliphatic carbocycles. The van der Waals surface area contributed by atoms with Crippen LogP contribution in [0.1, 0.15) is 18.1 Å². The van der Waals surface area contributed by atoms with Crippen molar-refractivity contribution >= 4 is 27.6 Å². The normalized spacial score (nSPS) is 11.9. The van der Waals surface area contributed by atoms with E-state index in [4.69, 9.17) is 4.74 Å². The summed E-state index contributed by atoms with van der Waals surface area (Å²) in [7, 11) is 0. The van der Waals surface area contributed by atoms with Crippen LogP contribution in [0.15, 0.2) is 18.2 Å². The van der Waals surface area contributed by atoms with Gasteiger partial charge in [0.25, 0.3) is 5.69 Å². The van der Waals surface area contributed by atoms with Crippen LogP contribution in [0.5, 0.6) is 0 Å². The highest BCUT2D eigenvalue weighted by Crippen LogP contribution is 2.21. The molecular weight excluding hydrogens is 302 g/mol. The van der Waals surface area contributed by atoms with Crippen molar-refractivity contribution in [2.75, 3.05) is 6.61 Å². The number of esters is 1. The fraction of sp³-hybridized carbons (Fsp3) is 0.417. The van der Waals surface area contributed by atoms with Gasteiger partial charge in [0.15, 0.2) is 0 Å². The first-order valence-electron chi connectivity index (χ1n) is 5.50. The van der Waals surface area contributed by atoms with Gasteiger partial charge in [0.1, 0.15) is 4.83 Å². The van der Waals surface area contributed by atoms with Gasteiger partial charge in [-0.15, -0.1) is 0 Å². The number of hydrogen-bond acceptors (Lipinski definition) is 4. The first-order chi connectivity index (χ1) is 8.45. The molecule has 0 fully saturated rings. The maximum absolute atomic E-state index is 11.4. The lowest BCUT2D eigenvalue weighted by Gasteiger charge is -2.09. The topological polar surface area (TPSA) is 69.4 Å². The van der Waals surface area contributed by atoms with Gasteiger partial charge in [0, 0.05) is 11.6 Å². The minimum atomic E-state index is -0.486. The van der Waals surface area contributed by atoms with E-state index in [-0.39, 0.29) is 11.7 Å². The maximum Gasteiger partial charge on any atom is 0.320 e. The third-order valence-corrected chi connectivity index (χ3v) is 3.13. The van der Waals surface area contributed by atoms with E-state index < -0.39 is 9.75 Å². The Morgan fingerprint density at radius 1 is 1.56 bits per heavy atom. The van der Waals surface area contributed by atoms with Gasteiger partial charge in [-0.25, -0.2) is 0 Å². The minimum Gasteiger partial charge on any atom is -0.465 e. The summed E-state index contributed by atoms with van der Waals surface area (Å²) in [5.41, 5.74) is 1.39. The number of nitrogens with zero attached hydrogens (tertiary/aromatic N) is 1. The number of nitro benzene ring substituents is 1. The van der Waals surface area contributed by atoms with Crippen molar-refractivity contribution in [3.8, 4) is 0 Å². The van der Waals surface area contributed by atoms with Crippen LogP contribution in [0.25, 0.3) is 0 Å². The van der Waals surface area contributed by atoms with E-state index in [1.165, 1.54) is 6.07 Å². The van der Waals surface area contributed by atoms with E-state index in [2.05, 4.69) is 15.9 Å². The SMILES string of the molecule is CCOC(=O)C(Br)Cc1ccc(C)c([N+](=O)[O-])c1. The zero-order valence-electron chi connectivity index (χ0n) is 10.2. The lowest BCUT2D eigenvalue weighted by atomic mass is 10.1. The van der Waals surface area contributed by atoms with Crippen LogP contribution in [-0.2, 0) is 16.0 Å². The Hall–Kier alpha value is -1.43. The number of carbonyl (C=O) groups is 1. The number of aryl methyl sites for hydroxylation is 1. The van der Waals surface area contributed by atoms with E-state index in [0.717, 1.165) is 5.56 Å². The summed E-state index contributed by atoms with van der Waals surface area (Å²) in [4.78, 5) is 21.3. The third kappa shape index (κ3) is 3.80. The zero-order valence-corrected chi connectivity index (χ0v) is 11.8. The molecule has 0 spiro atoms. The second-order valence-corrected chi connectivity index (χ2v) is 4.91. The molecule has 0 saturated carbocycles. The lowest BCUT2D eigenvalue weighted by molar-refractivity contribution is -0.385. The Labute approximate surface area is 113 Å². The van der Waals surface area contributed by atoms with Crippen LogP contribution in [0, 0.1) is 17.0 Å². The number of hydrogen-bond donors (Lipinski definition) is 0. The largest absolute Gasteiger partial charge is 0.465 e. The molecule has 98 valence electrons. The van der Waals surface area contributed by atoms with Gasteiger partial charge >= 0.3 is 5.97 Å². The van der Waals surface area contributed by atoms with Gasteiger partial charge in [0.2, 0.25) is 0 Å². The van der Waals surface area contributed by atoms with Crippen molar-refractivity contribution in [1.82, 2.24) is 0 Å². The fourth-order valence-electron chi connectivity index (χ4n) is 1.50. The van der Waals surface area contributed by atoms with E-state index in [1.807, 2.05) is 0 Å². The van der Waals surface area contributed by atoms with Crippen molar-refractivity contribution in [3.63, 3.8) is 0 Å². The van der Waals surface area contributed by atoms with Crippen molar-refractivity contribution in [3.05, 3.63) is 39.4 Å². The Bertz CT molecular complexity index is 461. The molecule has 0 aliphatic rings. The van der Waals surface area contributed by atoms with Gasteiger partial charge in [-0.2, -0.15) is 0 Å². The fourth-order valence-corrected chi connectivity index (χ4v) is 2.01. The highest BCUT2D eigenvalue weighted by molar-refractivity contribution is 9.10. The van der Waals surface area contributed by atoms with Crippen LogP contribution >= 0.6 is 15.9 Å². The molecule has 1 aromatic rings. The van der Waals surface area contributed by atoms with Crippen LogP contribution in [0.3, 0.4) is 0 Å². The summed E-state index contributed by atoms with van der Waals surface area (Å²) < 4.78 is 4.86. The van der Waals surface area contributed by atoms with Crippen molar-refractivity contribution in [1.29, 1.82) is 0 Å². The first-order valence-corrected chi connectivity index (χ1v) is 6.42. The summed E-state index contributed by atoms with van der Waals surface area (Å²) in [5.74, 6) is -0.360. The average Bonchev–Trinajstić information content (AvgIpc) is 2.31. The molecule has 0 heterocycles. The van der Waals surface area contributed by atoms with Crippen LogP contribution in [-0.4, -0.2) is 22.3 Å². The summed E-state index contributed by atoms with van der Waals surface area (Å²) in [6.07, 6.45) is 0.361. The molecule has 1 unspecified atom stereocenters. The molecule has 6 heteroatoms. The Morgan fingerprint density at radius 3 is 2.78 bits per heavy atom. The summed E-state index contributed by atoms with van der Waals surface area (Å²) in [6, 6.07) is 4.94. The second-order valence-electron chi connectivity index (χ2n) is 3.80. The summed E-state index contributed by atoms with van der Waals surface area (Å²) in [6.45, 7) is 3.72. The molecule has 0 aromatic heterocycles. The van der Waals surface area contributed by atoms with E-state index in [9.17, 15) is 14.9 Å². The molecular formula is C12H14BrNO4. The second kappa shape index (κ2) is 6.49. The predicted octanol–water partition coefficient (Wildman–Crippen LogP) is 2.77. The summed E-state index contributed by atoms with van der Waals surface area (Å²) in [5, 5.41) is 10.8. The average molecular weight is 316 g/mol. The van der Waals surface area contributed by atoms with Crippen LogP contribution in [0.2, 0.25) is 0 Å². The highest BCUT2D eigenvalue weighted by Gasteiger charge is 2.18. The Balaban J connectivity index is 2.82. The molecule has 0 N–H and O–H groups in total. The summed E-state index contributed by atoms with van der Waals surface area (Å²) >= 11 is 3.22. The quantitative estimate of drug-likeness (QED) is 0.362. The molecule has 5 nitrogen and oxygen atoms in total. The maximum atomic E-state index is 11.4. The molecule has 1 rings (SSSR count). The molecule has 0 aliphatic heterocycles. The number of halogens is 1. The van der Waals surface area contributed by atoms with Crippen molar-refractivity contribution in [2.45, 2.75) is 25.1 Å². The van der Waals surface area contributed by atoms with E-state index in [1.54, 1.807) is 26.0 Å². The molecule has 0 saturated heterocycles. The number of ether oxygens (including phenoxy) is 1. The first kappa shape index (κ1) is 14.6. The van der Waals surface area contributed by atoms with Gasteiger partial charge in [0.05, 0.1) is 11.5 Å². The lowest BCUT2D eigenvalue weighted by Crippen LogP contribution is -2.19. The smallest absolute Gasteiger partial charge is 0.320 e. The predicted molar refractivity (Wildman–Crippen MR) is 70.9 cm³/mol. The van der Waals surface area contributed by atoms with Crippen LogP contribution in [0.4, 0.5) is 5.69 Å². The molecule has 0 radical (unpaired) electrons. The Kier molecular flexibility index (Phi) is 5.27. The minimum absolute atomic E-state index is 0.0658. The number of carbonyl (C=O) groups excluding carboxylic acids is 1. The van der Waals surface area contributed by atoms with Crippen LogP contribution < -0.4 is 0 Å². The standard InChI is InChI=1S/C12H14BrNO4/c1-3-18-12(15)10(13)6-9-5-4-8(2)11(7-9)14(16)17/h4-5,7,10H,3,6H2,1-2H3. The van der Waals surface area contributed by atoms with E-state index >= 15 is 0 Å². The van der Waals surface area contributed by atoms with Gasteiger partial charge < -0.3 is 4.74 Å². The molecule has 1 aromatic carbocycles. The van der Waals surface area contributed by atoms with E-state index in [0.29, 0.717) is 18.6 Å². The molecule has 1 atom stereocenters. The van der Waals surface area contributed by atoms with Crippen molar-refractivity contribution in [2.24, 2.45) is 0 Å². The molecule has 0 amide bonds. The third-order valence-electron chi connectivity index (χ3n) is 2.43. The van der Waals surface area contributed by atoms with Crippen molar-refractivity contribution < 1.29 is 14.5 Å². The van der Waals surface area contributed by atoms with Gasteiger partial charge in [-0.3, -0.25) is 14.9 Å². The molecule has 0 bridgehead atoms. The zero-order chi connectivity index (χ0) is 13.7. The Morgan fingerprint density at radius 2 is 2.22 bits per heavy atom. The number of rotatable bonds is 5. The number of alkyl halides is 1. The highest BCUT2D eigenvalue weighted by atomic mass is 79.9.